The van der Waals surface area contributed by atoms with E-state index >= 15 is 0 Å². The maximum absolute atomic E-state index is 13.5. The lowest BCUT2D eigenvalue weighted by atomic mass is 10.1. The van der Waals surface area contributed by atoms with Gasteiger partial charge in [0.05, 0.1) is 0 Å². The number of hydrogen-bond donors (Lipinski definition) is 2. The molecule has 3 nitrogen and oxygen atoms in total. The Morgan fingerprint density at radius 1 is 1.00 bits per heavy atom. The third-order valence-corrected chi connectivity index (χ3v) is 3.26. The molecular formula is C17H18F3N3. The Morgan fingerprint density at radius 3 is 2.35 bits per heavy atom. The van der Waals surface area contributed by atoms with E-state index < -0.39 is 11.6 Å². The molecule has 0 aliphatic heterocycles. The maximum Gasteiger partial charge on any atom is 0.191 e. The zero-order chi connectivity index (χ0) is 16.7. The van der Waals surface area contributed by atoms with Crippen molar-refractivity contribution in [3.8, 4) is 0 Å². The lowest BCUT2D eigenvalue weighted by Crippen LogP contribution is -2.38. The van der Waals surface area contributed by atoms with Crippen LogP contribution in [0.3, 0.4) is 0 Å². The van der Waals surface area contributed by atoms with Crippen LogP contribution >= 0.6 is 0 Å². The third kappa shape index (κ3) is 5.32. The van der Waals surface area contributed by atoms with Gasteiger partial charge in [-0.15, -0.1) is 0 Å². The molecule has 2 aromatic carbocycles. The molecular weight excluding hydrogens is 303 g/mol. The van der Waals surface area contributed by atoms with Crippen LogP contribution < -0.4 is 10.6 Å². The normalized spacial score (nSPS) is 11.4. The van der Waals surface area contributed by atoms with E-state index in [2.05, 4.69) is 15.6 Å². The molecule has 0 aromatic heterocycles. The van der Waals surface area contributed by atoms with Crippen LogP contribution in [0, 0.1) is 17.5 Å². The van der Waals surface area contributed by atoms with Crippen molar-refractivity contribution in [3.05, 3.63) is 71.0 Å². The van der Waals surface area contributed by atoms with Crippen LogP contribution in [0.1, 0.15) is 11.1 Å². The minimum absolute atomic E-state index is 0.286. The SMILES string of the molecule is CN=C(NCCc1cc(F)cc(F)c1)NCc1ccccc1F. The van der Waals surface area contributed by atoms with Gasteiger partial charge < -0.3 is 10.6 Å². The Labute approximate surface area is 133 Å². The number of nitrogens with one attached hydrogen (secondary N) is 2. The van der Waals surface area contributed by atoms with Gasteiger partial charge in [-0.2, -0.15) is 0 Å². The smallest absolute Gasteiger partial charge is 0.191 e. The van der Waals surface area contributed by atoms with Gasteiger partial charge in [-0.05, 0) is 30.2 Å². The van der Waals surface area contributed by atoms with Gasteiger partial charge in [-0.1, -0.05) is 18.2 Å². The molecule has 2 N–H and O–H groups in total. The lowest BCUT2D eigenvalue weighted by Gasteiger charge is -2.12. The highest BCUT2D eigenvalue weighted by Crippen LogP contribution is 2.08. The fraction of sp³-hybridized carbons (Fsp3) is 0.235. The van der Waals surface area contributed by atoms with Crippen molar-refractivity contribution in [1.82, 2.24) is 10.6 Å². The predicted octanol–water partition coefficient (Wildman–Crippen LogP) is 3.01. The first-order valence-corrected chi connectivity index (χ1v) is 7.21. The van der Waals surface area contributed by atoms with Crippen LogP contribution in [0.25, 0.3) is 0 Å². The van der Waals surface area contributed by atoms with E-state index in [0.29, 0.717) is 36.6 Å². The summed E-state index contributed by atoms with van der Waals surface area (Å²) in [4.78, 5) is 4.02. The Morgan fingerprint density at radius 2 is 1.70 bits per heavy atom. The highest BCUT2D eigenvalue weighted by molar-refractivity contribution is 5.79. The molecule has 0 atom stereocenters. The molecule has 0 fully saturated rings. The first-order chi connectivity index (χ1) is 11.1. The lowest BCUT2D eigenvalue weighted by molar-refractivity contribution is 0.579. The zero-order valence-corrected chi connectivity index (χ0v) is 12.7. The van der Waals surface area contributed by atoms with Crippen LogP contribution in [-0.2, 0) is 13.0 Å². The Hall–Kier alpha value is -2.50. The minimum Gasteiger partial charge on any atom is -0.356 e. The van der Waals surface area contributed by atoms with Gasteiger partial charge in [-0.3, -0.25) is 4.99 Å². The van der Waals surface area contributed by atoms with E-state index in [1.165, 1.54) is 18.2 Å². The standard InChI is InChI=1S/C17H18F3N3/c1-21-17(23-11-13-4-2-3-5-16(13)20)22-7-6-12-8-14(18)10-15(19)9-12/h2-5,8-10H,6-7,11H2,1H3,(H2,21,22,23). The number of guanidine groups is 1. The summed E-state index contributed by atoms with van der Waals surface area (Å²) in [6.45, 7) is 0.737. The van der Waals surface area contributed by atoms with Gasteiger partial charge in [0.15, 0.2) is 5.96 Å². The molecule has 0 radical (unpaired) electrons. The van der Waals surface area contributed by atoms with Crippen molar-refractivity contribution in [3.63, 3.8) is 0 Å². The monoisotopic (exact) mass is 321 g/mol. The van der Waals surface area contributed by atoms with Crippen molar-refractivity contribution in [2.75, 3.05) is 13.6 Å². The summed E-state index contributed by atoms with van der Waals surface area (Å²) in [5.74, 6) is -0.986. The quantitative estimate of drug-likeness (QED) is 0.656. The van der Waals surface area contributed by atoms with Gasteiger partial charge in [0.2, 0.25) is 0 Å². The zero-order valence-electron chi connectivity index (χ0n) is 12.7. The molecule has 2 rings (SSSR count). The first-order valence-electron chi connectivity index (χ1n) is 7.21. The van der Waals surface area contributed by atoms with E-state index in [0.717, 1.165) is 6.07 Å². The molecule has 2 aromatic rings. The summed E-state index contributed by atoms with van der Waals surface area (Å²) in [6, 6.07) is 9.89. The number of nitrogens with zero attached hydrogens (tertiary/aromatic N) is 1. The molecule has 0 spiro atoms. The van der Waals surface area contributed by atoms with Crippen LogP contribution in [0.15, 0.2) is 47.5 Å². The van der Waals surface area contributed by atoms with Crippen molar-refractivity contribution in [2.45, 2.75) is 13.0 Å². The maximum atomic E-state index is 13.5. The molecule has 0 saturated heterocycles. The average Bonchev–Trinajstić information content (AvgIpc) is 2.51. The second kappa shape index (κ2) is 8.22. The van der Waals surface area contributed by atoms with Gasteiger partial charge in [0.1, 0.15) is 17.5 Å². The minimum atomic E-state index is -0.595. The molecule has 0 aliphatic carbocycles. The Balaban J connectivity index is 1.82. The van der Waals surface area contributed by atoms with Crippen molar-refractivity contribution >= 4 is 5.96 Å². The number of benzene rings is 2. The van der Waals surface area contributed by atoms with E-state index in [4.69, 9.17) is 0 Å². The summed E-state index contributed by atoms with van der Waals surface area (Å²) in [5, 5.41) is 6.00. The molecule has 0 bridgehead atoms. The summed E-state index contributed by atoms with van der Waals surface area (Å²) in [5.41, 5.74) is 1.09. The van der Waals surface area contributed by atoms with Crippen molar-refractivity contribution < 1.29 is 13.2 Å². The Bertz CT molecular complexity index is 666. The molecule has 122 valence electrons. The fourth-order valence-electron chi connectivity index (χ4n) is 2.12. The van der Waals surface area contributed by atoms with Crippen molar-refractivity contribution in [1.29, 1.82) is 0 Å². The highest BCUT2D eigenvalue weighted by atomic mass is 19.1. The third-order valence-electron chi connectivity index (χ3n) is 3.26. The fourth-order valence-corrected chi connectivity index (χ4v) is 2.12. The molecule has 0 amide bonds. The topological polar surface area (TPSA) is 36.4 Å². The molecule has 0 heterocycles. The summed E-state index contributed by atoms with van der Waals surface area (Å²) < 4.78 is 39.7. The molecule has 6 heteroatoms. The number of aliphatic imine (C=N–C) groups is 1. The van der Waals surface area contributed by atoms with Gasteiger partial charge in [0, 0.05) is 31.8 Å². The van der Waals surface area contributed by atoms with Crippen LogP contribution in [-0.4, -0.2) is 19.6 Å². The number of halogens is 3. The average molecular weight is 321 g/mol. The Kier molecular flexibility index (Phi) is 6.02. The predicted molar refractivity (Wildman–Crippen MR) is 84.7 cm³/mol. The van der Waals surface area contributed by atoms with Gasteiger partial charge in [-0.25, -0.2) is 13.2 Å². The van der Waals surface area contributed by atoms with Crippen LogP contribution in [0.4, 0.5) is 13.2 Å². The van der Waals surface area contributed by atoms with Crippen LogP contribution in [0.2, 0.25) is 0 Å². The summed E-state index contributed by atoms with van der Waals surface area (Å²) >= 11 is 0. The van der Waals surface area contributed by atoms with Crippen molar-refractivity contribution in [2.24, 2.45) is 4.99 Å². The van der Waals surface area contributed by atoms with E-state index in [-0.39, 0.29) is 5.82 Å². The molecule has 23 heavy (non-hydrogen) atoms. The molecule has 0 aliphatic rings. The first kappa shape index (κ1) is 16.9. The van der Waals surface area contributed by atoms with Gasteiger partial charge >= 0.3 is 0 Å². The largest absolute Gasteiger partial charge is 0.356 e. The van der Waals surface area contributed by atoms with Crippen LogP contribution in [0.5, 0.6) is 0 Å². The molecule has 0 saturated carbocycles. The van der Waals surface area contributed by atoms with Gasteiger partial charge in [0.25, 0.3) is 0 Å². The second-order valence-electron chi connectivity index (χ2n) is 4.97. The summed E-state index contributed by atoms with van der Waals surface area (Å²) in [6.07, 6.45) is 0.440. The molecule has 0 unspecified atom stereocenters. The van der Waals surface area contributed by atoms with E-state index in [9.17, 15) is 13.2 Å². The summed E-state index contributed by atoms with van der Waals surface area (Å²) in [7, 11) is 1.60. The van der Waals surface area contributed by atoms with E-state index in [1.807, 2.05) is 0 Å². The highest BCUT2D eigenvalue weighted by Gasteiger charge is 2.04. The second-order valence-corrected chi connectivity index (χ2v) is 4.97. The number of rotatable bonds is 5. The van der Waals surface area contributed by atoms with E-state index in [1.54, 1.807) is 25.2 Å². The number of hydrogen-bond acceptors (Lipinski definition) is 1.